The number of aliphatic imine (C=N–C) groups is 1. The van der Waals surface area contributed by atoms with E-state index in [2.05, 4.69) is 39.8 Å². The summed E-state index contributed by atoms with van der Waals surface area (Å²) in [4.78, 5) is 9.85. The fourth-order valence-corrected chi connectivity index (χ4v) is 5.06. The molecule has 3 aliphatic rings. The molecule has 0 bridgehead atoms. The summed E-state index contributed by atoms with van der Waals surface area (Å²) < 4.78 is 2.02. The van der Waals surface area contributed by atoms with Crippen LogP contribution in [-0.4, -0.2) is 57.3 Å². The van der Waals surface area contributed by atoms with Gasteiger partial charge in [0.2, 0.25) is 0 Å². The Balaban J connectivity index is 1.33. The summed E-state index contributed by atoms with van der Waals surface area (Å²) in [5.74, 6) is 1.13. The van der Waals surface area contributed by atoms with Crippen molar-refractivity contribution in [1.29, 1.82) is 0 Å². The number of amidine groups is 1. The third-order valence-corrected chi connectivity index (χ3v) is 6.77. The smallest absolute Gasteiger partial charge is 0.134 e. The average molecular weight is 411 g/mol. The molecule has 0 amide bonds. The molecule has 0 atom stereocenters. The molecule has 7 heteroatoms. The van der Waals surface area contributed by atoms with Crippen molar-refractivity contribution in [3.8, 4) is 0 Å². The highest BCUT2D eigenvalue weighted by Crippen LogP contribution is 2.40. The maximum absolute atomic E-state index is 6.28. The van der Waals surface area contributed by atoms with Gasteiger partial charge >= 0.3 is 0 Å². The molecule has 6 nitrogen and oxygen atoms in total. The first kappa shape index (κ1) is 18.7. The van der Waals surface area contributed by atoms with E-state index >= 15 is 0 Å². The van der Waals surface area contributed by atoms with Gasteiger partial charge in [-0.1, -0.05) is 17.7 Å². The van der Waals surface area contributed by atoms with E-state index in [9.17, 15) is 0 Å². The van der Waals surface area contributed by atoms with Gasteiger partial charge in [-0.15, -0.1) is 6.58 Å². The zero-order valence-corrected chi connectivity index (χ0v) is 17.6. The van der Waals surface area contributed by atoms with Crippen LogP contribution >= 0.6 is 11.6 Å². The van der Waals surface area contributed by atoms with Crippen molar-refractivity contribution in [2.45, 2.75) is 38.5 Å². The van der Waals surface area contributed by atoms with Crippen molar-refractivity contribution < 1.29 is 0 Å². The van der Waals surface area contributed by atoms with Crippen LogP contribution in [0.3, 0.4) is 0 Å². The maximum Gasteiger partial charge on any atom is 0.134 e. The molecule has 1 spiro atoms. The first-order valence-corrected chi connectivity index (χ1v) is 10.7. The van der Waals surface area contributed by atoms with Gasteiger partial charge in [-0.3, -0.25) is 14.6 Å². The Hall–Kier alpha value is -2.31. The molecule has 1 aromatic carbocycles. The summed E-state index contributed by atoms with van der Waals surface area (Å²) in [6.07, 6.45) is 6.00. The second-order valence-electron chi connectivity index (χ2n) is 8.21. The fourth-order valence-electron chi connectivity index (χ4n) is 4.89. The number of piperidine rings is 1. The highest BCUT2D eigenvalue weighted by molar-refractivity contribution is 6.31. The molecule has 29 heavy (non-hydrogen) atoms. The van der Waals surface area contributed by atoms with Crippen molar-refractivity contribution >= 4 is 23.1 Å². The topological polar surface area (TPSA) is 48.7 Å². The average Bonchev–Trinajstić information content (AvgIpc) is 3.33. The molecule has 3 aliphatic heterocycles. The zero-order chi connectivity index (χ0) is 20.0. The van der Waals surface area contributed by atoms with Crippen molar-refractivity contribution in [3.63, 3.8) is 0 Å². The Bertz CT molecular complexity index is 970. The minimum Gasteiger partial charge on any atom is -0.362 e. The van der Waals surface area contributed by atoms with Crippen LogP contribution in [0.4, 0.5) is 5.69 Å². The second kappa shape index (κ2) is 7.18. The number of nitrogens with zero attached hydrogens (tertiary/aromatic N) is 5. The zero-order valence-electron chi connectivity index (χ0n) is 16.9. The van der Waals surface area contributed by atoms with E-state index in [-0.39, 0.29) is 5.66 Å². The maximum atomic E-state index is 6.28. The molecule has 2 aromatic rings. The predicted molar refractivity (Wildman–Crippen MR) is 118 cm³/mol. The summed E-state index contributed by atoms with van der Waals surface area (Å²) in [5.41, 5.74) is 4.76. The molecule has 152 valence electrons. The summed E-state index contributed by atoms with van der Waals surface area (Å²) >= 11 is 6.28. The lowest BCUT2D eigenvalue weighted by Crippen LogP contribution is -2.63. The number of benzene rings is 1. The van der Waals surface area contributed by atoms with E-state index in [0.29, 0.717) is 0 Å². The number of anilines is 1. The van der Waals surface area contributed by atoms with Crippen LogP contribution < -0.4 is 5.32 Å². The highest BCUT2D eigenvalue weighted by Gasteiger charge is 2.46. The number of nitrogens with one attached hydrogen (secondary N) is 1. The van der Waals surface area contributed by atoms with E-state index in [1.54, 1.807) is 0 Å². The summed E-state index contributed by atoms with van der Waals surface area (Å²) in [6, 6.07) is 6.09. The number of allylic oxidation sites excluding steroid dienone is 1. The summed E-state index contributed by atoms with van der Waals surface area (Å²) in [6.45, 7) is 11.6. The number of aromatic nitrogens is 2. The standard InChI is InChI=1S/C22H27ClN6/c1-3-9-29-16(2)17(14-25-29)15-27-10-6-22(7-11-27)26-20-13-18(23)4-5-19(20)21-24-8-12-28(21)22/h3-5,13-14,26H,1,6-12,15H2,2H3. The van der Waals surface area contributed by atoms with E-state index in [1.165, 1.54) is 16.8 Å². The number of halogens is 1. The Labute approximate surface area is 176 Å². The van der Waals surface area contributed by atoms with Crippen LogP contribution in [0.15, 0.2) is 42.0 Å². The van der Waals surface area contributed by atoms with Gasteiger partial charge in [-0.25, -0.2) is 0 Å². The molecule has 0 aliphatic carbocycles. The van der Waals surface area contributed by atoms with Crippen molar-refractivity contribution in [2.75, 3.05) is 31.5 Å². The Morgan fingerprint density at radius 1 is 1.28 bits per heavy atom. The number of hydrogen-bond donors (Lipinski definition) is 1. The van der Waals surface area contributed by atoms with Gasteiger partial charge < -0.3 is 10.2 Å². The molecule has 1 fully saturated rings. The molecule has 4 heterocycles. The molecule has 1 N–H and O–H groups in total. The van der Waals surface area contributed by atoms with E-state index in [4.69, 9.17) is 16.6 Å². The summed E-state index contributed by atoms with van der Waals surface area (Å²) in [7, 11) is 0. The van der Waals surface area contributed by atoms with E-state index < -0.39 is 0 Å². The minimum absolute atomic E-state index is 0.0639. The number of hydrogen-bond acceptors (Lipinski definition) is 5. The third kappa shape index (κ3) is 3.15. The quantitative estimate of drug-likeness (QED) is 0.783. The van der Waals surface area contributed by atoms with Crippen LogP contribution in [-0.2, 0) is 13.1 Å². The molecule has 1 saturated heterocycles. The molecule has 0 radical (unpaired) electrons. The van der Waals surface area contributed by atoms with Crippen LogP contribution in [0, 0.1) is 6.92 Å². The third-order valence-electron chi connectivity index (χ3n) is 6.53. The molecule has 5 rings (SSSR count). The first-order valence-electron chi connectivity index (χ1n) is 10.3. The van der Waals surface area contributed by atoms with Crippen molar-refractivity contribution in [2.24, 2.45) is 4.99 Å². The molecular formula is C22H27ClN6. The predicted octanol–water partition coefficient (Wildman–Crippen LogP) is 3.51. The number of likely N-dealkylation sites (tertiary alicyclic amines) is 1. The van der Waals surface area contributed by atoms with E-state index in [1.807, 2.05) is 29.1 Å². The van der Waals surface area contributed by atoms with Gasteiger partial charge in [-0.05, 0) is 25.1 Å². The minimum atomic E-state index is -0.0639. The Morgan fingerprint density at radius 3 is 2.90 bits per heavy atom. The van der Waals surface area contributed by atoms with Gasteiger partial charge in [0, 0.05) is 66.6 Å². The molecule has 1 aromatic heterocycles. The van der Waals surface area contributed by atoms with Gasteiger partial charge in [0.05, 0.1) is 19.3 Å². The van der Waals surface area contributed by atoms with Crippen molar-refractivity contribution in [3.05, 3.63) is 58.9 Å². The SMILES string of the molecule is C=CCn1ncc(CN2CCC3(CC2)Nc2cc(Cl)ccc2C2=NCCN23)c1C. The van der Waals surface area contributed by atoms with Crippen molar-refractivity contribution in [1.82, 2.24) is 19.6 Å². The van der Waals surface area contributed by atoms with Gasteiger partial charge in [0.25, 0.3) is 0 Å². The normalized spacial score (nSPS) is 20.2. The molecular weight excluding hydrogens is 384 g/mol. The second-order valence-corrected chi connectivity index (χ2v) is 8.64. The fraction of sp³-hybridized carbons (Fsp3) is 0.455. The van der Waals surface area contributed by atoms with Gasteiger partial charge in [-0.2, -0.15) is 5.10 Å². The van der Waals surface area contributed by atoms with Crippen LogP contribution in [0.1, 0.15) is 29.7 Å². The van der Waals surface area contributed by atoms with Crippen LogP contribution in [0.5, 0.6) is 0 Å². The Morgan fingerprint density at radius 2 is 2.10 bits per heavy atom. The highest BCUT2D eigenvalue weighted by atomic mass is 35.5. The van der Waals surface area contributed by atoms with Gasteiger partial charge in [0.1, 0.15) is 11.5 Å². The van der Waals surface area contributed by atoms with E-state index in [0.717, 1.165) is 68.7 Å². The number of rotatable bonds is 4. The lowest BCUT2D eigenvalue weighted by molar-refractivity contribution is 0.0894. The Kier molecular flexibility index (Phi) is 4.63. The van der Waals surface area contributed by atoms with Gasteiger partial charge in [0.15, 0.2) is 0 Å². The largest absolute Gasteiger partial charge is 0.362 e. The van der Waals surface area contributed by atoms with Crippen LogP contribution in [0.25, 0.3) is 0 Å². The lowest BCUT2D eigenvalue weighted by atomic mass is 9.90. The monoisotopic (exact) mass is 410 g/mol. The lowest BCUT2D eigenvalue weighted by Gasteiger charge is -2.52. The number of fused-ring (bicyclic) bond motifs is 4. The first-order chi connectivity index (χ1) is 14.1. The molecule has 0 unspecified atom stereocenters. The summed E-state index contributed by atoms with van der Waals surface area (Å²) in [5, 5.41) is 9.12. The molecule has 0 saturated carbocycles. The van der Waals surface area contributed by atoms with Crippen LogP contribution in [0.2, 0.25) is 5.02 Å².